The zero-order valence-electron chi connectivity index (χ0n) is 15.7. The van der Waals surface area contributed by atoms with E-state index < -0.39 is 23.9 Å². The molecule has 2 atom stereocenters. The van der Waals surface area contributed by atoms with Crippen molar-refractivity contribution in [3.63, 3.8) is 0 Å². The summed E-state index contributed by atoms with van der Waals surface area (Å²) in [6, 6.07) is 0.0866. The van der Waals surface area contributed by atoms with Crippen LogP contribution in [0.15, 0.2) is 12.4 Å². The third-order valence-electron chi connectivity index (χ3n) is 5.20. The molecule has 2 aliphatic heterocycles. The van der Waals surface area contributed by atoms with Crippen LogP contribution in [-0.2, 0) is 15.7 Å². The Bertz CT molecular complexity index is 661. The molecule has 3 heterocycles. The zero-order chi connectivity index (χ0) is 20.3. The number of amides is 1. The highest BCUT2D eigenvalue weighted by Crippen LogP contribution is 2.29. The number of aliphatic hydroxyl groups is 1. The first-order valence-corrected chi connectivity index (χ1v) is 9.50. The SMILES string of the molecule is C[C@@H](O)CCO[C@@H]1CCN(C2CCN(c3ncc(C(F)(F)F)cn3)CC2)C1=O. The van der Waals surface area contributed by atoms with Gasteiger partial charge in [0.1, 0.15) is 6.10 Å². The molecule has 0 bridgehead atoms. The van der Waals surface area contributed by atoms with Crippen LogP contribution >= 0.6 is 0 Å². The number of hydrogen-bond donors (Lipinski definition) is 1. The highest BCUT2D eigenvalue weighted by Gasteiger charge is 2.38. The molecular weight excluding hydrogens is 377 g/mol. The summed E-state index contributed by atoms with van der Waals surface area (Å²) in [7, 11) is 0. The van der Waals surface area contributed by atoms with Gasteiger partial charge in [-0.25, -0.2) is 9.97 Å². The predicted molar refractivity (Wildman–Crippen MR) is 94.6 cm³/mol. The number of aromatic nitrogens is 2. The van der Waals surface area contributed by atoms with Crippen LogP contribution in [0.2, 0.25) is 0 Å². The summed E-state index contributed by atoms with van der Waals surface area (Å²) < 4.78 is 43.5. The molecule has 2 fully saturated rings. The molecule has 0 saturated carbocycles. The normalized spacial score (nSPS) is 22.8. The Morgan fingerprint density at radius 1 is 1.21 bits per heavy atom. The lowest BCUT2D eigenvalue weighted by Crippen LogP contribution is -2.47. The van der Waals surface area contributed by atoms with E-state index in [-0.39, 0.29) is 17.9 Å². The van der Waals surface area contributed by atoms with Gasteiger partial charge in [-0.15, -0.1) is 0 Å². The molecule has 7 nitrogen and oxygen atoms in total. The maximum absolute atomic E-state index is 12.6. The molecule has 1 aromatic rings. The van der Waals surface area contributed by atoms with Gasteiger partial charge in [0.2, 0.25) is 5.95 Å². The van der Waals surface area contributed by atoms with Gasteiger partial charge in [-0.3, -0.25) is 4.79 Å². The molecule has 0 aliphatic carbocycles. The Morgan fingerprint density at radius 3 is 2.43 bits per heavy atom. The van der Waals surface area contributed by atoms with Crippen LogP contribution in [0.5, 0.6) is 0 Å². The van der Waals surface area contributed by atoms with E-state index in [0.717, 1.165) is 12.4 Å². The fourth-order valence-electron chi connectivity index (χ4n) is 3.58. The Balaban J connectivity index is 1.49. The molecule has 28 heavy (non-hydrogen) atoms. The van der Waals surface area contributed by atoms with Crippen LogP contribution < -0.4 is 4.90 Å². The third-order valence-corrected chi connectivity index (χ3v) is 5.20. The Hall–Kier alpha value is -1.94. The summed E-state index contributed by atoms with van der Waals surface area (Å²) in [5, 5.41) is 9.28. The number of likely N-dealkylation sites (tertiary alicyclic amines) is 1. The first-order chi connectivity index (χ1) is 13.3. The van der Waals surface area contributed by atoms with Gasteiger partial charge in [0, 0.05) is 44.5 Å². The van der Waals surface area contributed by atoms with E-state index in [1.165, 1.54) is 0 Å². The van der Waals surface area contributed by atoms with E-state index >= 15 is 0 Å². The number of halogens is 3. The number of hydrogen-bond acceptors (Lipinski definition) is 6. The van der Waals surface area contributed by atoms with Crippen molar-refractivity contribution in [3.05, 3.63) is 18.0 Å². The van der Waals surface area contributed by atoms with Crippen LogP contribution in [0.3, 0.4) is 0 Å². The maximum atomic E-state index is 12.6. The highest BCUT2D eigenvalue weighted by atomic mass is 19.4. The second-order valence-corrected chi connectivity index (χ2v) is 7.31. The van der Waals surface area contributed by atoms with Gasteiger partial charge >= 0.3 is 6.18 Å². The molecule has 3 rings (SSSR count). The van der Waals surface area contributed by atoms with Crippen molar-refractivity contribution >= 4 is 11.9 Å². The Kier molecular flexibility index (Phi) is 6.39. The van der Waals surface area contributed by atoms with E-state index in [1.54, 1.807) is 6.92 Å². The molecule has 10 heteroatoms. The van der Waals surface area contributed by atoms with E-state index in [1.807, 2.05) is 9.80 Å². The smallest absolute Gasteiger partial charge is 0.393 e. The number of nitrogens with zero attached hydrogens (tertiary/aromatic N) is 4. The number of rotatable bonds is 6. The number of carbonyl (C=O) groups is 1. The van der Waals surface area contributed by atoms with Crippen molar-refractivity contribution in [2.45, 2.75) is 57.0 Å². The largest absolute Gasteiger partial charge is 0.419 e. The lowest BCUT2D eigenvalue weighted by atomic mass is 10.0. The van der Waals surface area contributed by atoms with E-state index in [4.69, 9.17) is 4.74 Å². The van der Waals surface area contributed by atoms with Crippen LogP contribution in [0.4, 0.5) is 19.1 Å². The lowest BCUT2D eigenvalue weighted by molar-refractivity contribution is -0.140. The highest BCUT2D eigenvalue weighted by molar-refractivity contribution is 5.83. The number of alkyl halides is 3. The van der Waals surface area contributed by atoms with Crippen molar-refractivity contribution in [3.8, 4) is 0 Å². The van der Waals surface area contributed by atoms with Gasteiger partial charge in [-0.05, 0) is 26.2 Å². The minimum absolute atomic E-state index is 0.0187. The predicted octanol–water partition coefficient (Wildman–Crippen LogP) is 1.85. The monoisotopic (exact) mass is 402 g/mol. The van der Waals surface area contributed by atoms with Gasteiger partial charge in [0.05, 0.1) is 18.3 Å². The number of aliphatic hydroxyl groups excluding tert-OH is 1. The Morgan fingerprint density at radius 2 is 1.86 bits per heavy atom. The van der Waals surface area contributed by atoms with Gasteiger partial charge < -0.3 is 19.6 Å². The van der Waals surface area contributed by atoms with Gasteiger partial charge in [-0.2, -0.15) is 13.2 Å². The van der Waals surface area contributed by atoms with Crippen LogP contribution in [0.25, 0.3) is 0 Å². The number of piperidine rings is 1. The topological polar surface area (TPSA) is 78.8 Å². The molecule has 0 unspecified atom stereocenters. The molecule has 0 aromatic carbocycles. The van der Waals surface area contributed by atoms with Crippen LogP contribution in [0.1, 0.15) is 38.2 Å². The second kappa shape index (κ2) is 8.60. The summed E-state index contributed by atoms with van der Waals surface area (Å²) in [5.41, 5.74) is -0.865. The minimum Gasteiger partial charge on any atom is -0.393 e. The van der Waals surface area contributed by atoms with Crippen molar-refractivity contribution in [2.24, 2.45) is 0 Å². The van der Waals surface area contributed by atoms with Crippen molar-refractivity contribution < 1.29 is 27.8 Å². The van der Waals surface area contributed by atoms with Crippen LogP contribution in [0, 0.1) is 0 Å². The molecule has 0 radical (unpaired) electrons. The molecule has 2 aliphatic rings. The first-order valence-electron chi connectivity index (χ1n) is 9.50. The first kappa shape index (κ1) is 20.8. The molecule has 156 valence electrons. The van der Waals surface area contributed by atoms with E-state index in [2.05, 4.69) is 9.97 Å². The van der Waals surface area contributed by atoms with E-state index in [9.17, 15) is 23.1 Å². The quantitative estimate of drug-likeness (QED) is 0.783. The molecule has 1 aromatic heterocycles. The average Bonchev–Trinajstić information content (AvgIpc) is 3.02. The van der Waals surface area contributed by atoms with Crippen molar-refractivity contribution in [1.82, 2.24) is 14.9 Å². The summed E-state index contributed by atoms with van der Waals surface area (Å²) >= 11 is 0. The molecule has 2 saturated heterocycles. The number of ether oxygens (including phenoxy) is 1. The van der Waals surface area contributed by atoms with Crippen molar-refractivity contribution in [1.29, 1.82) is 0 Å². The van der Waals surface area contributed by atoms with Gasteiger partial charge in [0.25, 0.3) is 5.91 Å². The summed E-state index contributed by atoms with van der Waals surface area (Å²) in [6.07, 6.45) is -1.21. The zero-order valence-corrected chi connectivity index (χ0v) is 15.7. The Labute approximate surface area is 161 Å². The number of carbonyl (C=O) groups excluding carboxylic acids is 1. The second-order valence-electron chi connectivity index (χ2n) is 7.31. The maximum Gasteiger partial charge on any atom is 0.419 e. The summed E-state index contributed by atoms with van der Waals surface area (Å²) in [4.78, 5) is 23.9. The summed E-state index contributed by atoms with van der Waals surface area (Å²) in [6.45, 7) is 3.83. The molecular formula is C18H25F3N4O3. The fraction of sp³-hybridized carbons (Fsp3) is 0.722. The fourth-order valence-corrected chi connectivity index (χ4v) is 3.58. The van der Waals surface area contributed by atoms with Gasteiger partial charge in [-0.1, -0.05) is 0 Å². The van der Waals surface area contributed by atoms with Crippen LogP contribution in [-0.4, -0.2) is 70.4 Å². The summed E-state index contributed by atoms with van der Waals surface area (Å²) in [5.74, 6) is 0.258. The molecule has 1 amide bonds. The average molecular weight is 402 g/mol. The van der Waals surface area contributed by atoms with Gasteiger partial charge in [0.15, 0.2) is 0 Å². The standard InChI is InChI=1S/C18H25F3N4O3/c1-12(26)5-9-28-15-4-8-25(16(15)27)14-2-6-24(7-3-14)17-22-10-13(11-23-17)18(19,20)21/h10-12,14-15,26H,2-9H2,1H3/t12-,15-/m1/s1. The van der Waals surface area contributed by atoms with Crippen molar-refractivity contribution in [2.75, 3.05) is 31.1 Å². The van der Waals surface area contributed by atoms with E-state index in [0.29, 0.717) is 51.9 Å². The third kappa shape index (κ3) is 4.91. The number of anilines is 1. The lowest BCUT2D eigenvalue weighted by Gasteiger charge is -2.36. The molecule has 0 spiro atoms. The minimum atomic E-state index is -4.45. The molecule has 1 N–H and O–H groups in total.